The van der Waals surface area contributed by atoms with Crippen molar-refractivity contribution >= 4 is 11.5 Å². The first kappa shape index (κ1) is 17.7. The van der Waals surface area contributed by atoms with E-state index in [4.69, 9.17) is 0 Å². The van der Waals surface area contributed by atoms with Gasteiger partial charge in [-0.2, -0.15) is 0 Å². The molecule has 0 amide bonds. The van der Waals surface area contributed by atoms with E-state index >= 15 is 0 Å². The predicted molar refractivity (Wildman–Crippen MR) is 93.1 cm³/mol. The monoisotopic (exact) mass is 325 g/mol. The molecule has 2 N–H and O–H groups in total. The highest BCUT2D eigenvalue weighted by Crippen LogP contribution is 2.21. The lowest BCUT2D eigenvalue weighted by atomic mass is 9.96. The highest BCUT2D eigenvalue weighted by molar-refractivity contribution is 5.76. The molecule has 0 heterocycles. The zero-order valence-electron chi connectivity index (χ0n) is 13.8. The van der Waals surface area contributed by atoms with Crippen LogP contribution in [-0.2, 0) is 10.4 Å². The van der Waals surface area contributed by atoms with Gasteiger partial charge in [0.1, 0.15) is 17.2 Å². The molecule has 2 aromatic rings. The van der Waals surface area contributed by atoms with E-state index in [0.717, 1.165) is 11.3 Å². The van der Waals surface area contributed by atoms with E-state index in [1.54, 1.807) is 13.8 Å². The molecule has 0 aromatic heterocycles. The van der Waals surface area contributed by atoms with Crippen LogP contribution in [0.1, 0.15) is 31.4 Å². The van der Waals surface area contributed by atoms with Crippen LogP contribution in [0.15, 0.2) is 48.5 Å². The number of benzene rings is 2. The Bertz CT molecular complexity index is 770. The van der Waals surface area contributed by atoms with Gasteiger partial charge in [-0.1, -0.05) is 36.1 Å². The van der Waals surface area contributed by atoms with Crippen LogP contribution in [0.4, 0.5) is 10.1 Å². The first-order valence-corrected chi connectivity index (χ1v) is 7.72. The Morgan fingerprint density at radius 2 is 1.88 bits per heavy atom. The second-order valence-electron chi connectivity index (χ2n) is 5.75. The average molecular weight is 325 g/mol. The molecule has 1 unspecified atom stereocenters. The summed E-state index contributed by atoms with van der Waals surface area (Å²) in [4.78, 5) is 11.0. The molecule has 0 spiro atoms. The topological polar surface area (TPSA) is 49.3 Å². The molecule has 0 bridgehead atoms. The predicted octanol–water partition coefficient (Wildman–Crippen LogP) is 3.48. The fourth-order valence-electron chi connectivity index (χ4n) is 2.16. The summed E-state index contributed by atoms with van der Waals surface area (Å²) in [5.74, 6) is 5.55. The second-order valence-corrected chi connectivity index (χ2v) is 5.75. The lowest BCUT2D eigenvalue weighted by Crippen LogP contribution is -2.18. The van der Waals surface area contributed by atoms with E-state index in [-0.39, 0.29) is 11.6 Å². The van der Waals surface area contributed by atoms with Crippen molar-refractivity contribution in [1.82, 2.24) is 0 Å². The molecule has 0 aliphatic carbocycles. The molecule has 0 radical (unpaired) electrons. The number of carbonyl (C=O) groups excluding carboxylic acids is 1. The Balaban J connectivity index is 2.20. The molecule has 0 fully saturated rings. The maximum absolute atomic E-state index is 13.0. The lowest BCUT2D eigenvalue weighted by Gasteiger charge is -2.16. The van der Waals surface area contributed by atoms with Gasteiger partial charge in [0.15, 0.2) is 0 Å². The molecule has 1 atom stereocenters. The van der Waals surface area contributed by atoms with Crippen LogP contribution in [0.25, 0.3) is 0 Å². The van der Waals surface area contributed by atoms with Gasteiger partial charge in [-0.3, -0.25) is 4.79 Å². The third-order valence-corrected chi connectivity index (χ3v) is 3.57. The molecule has 4 heteroatoms. The van der Waals surface area contributed by atoms with Crippen molar-refractivity contribution in [2.24, 2.45) is 0 Å². The maximum atomic E-state index is 13.0. The molecule has 2 aromatic carbocycles. The number of halogens is 1. The van der Waals surface area contributed by atoms with Gasteiger partial charge in [-0.05, 0) is 43.7 Å². The quantitative estimate of drug-likeness (QED) is 0.828. The number of hydrogen-bond donors (Lipinski definition) is 2. The van der Waals surface area contributed by atoms with Crippen molar-refractivity contribution in [2.75, 3.05) is 11.9 Å². The summed E-state index contributed by atoms with van der Waals surface area (Å²) in [7, 11) is 0. The average Bonchev–Trinajstić information content (AvgIpc) is 2.54. The van der Waals surface area contributed by atoms with Crippen LogP contribution >= 0.6 is 0 Å². The fraction of sp³-hybridized carbons (Fsp3) is 0.250. The maximum Gasteiger partial charge on any atom is 0.148 e. The third kappa shape index (κ3) is 4.94. The fourth-order valence-corrected chi connectivity index (χ4v) is 2.16. The van der Waals surface area contributed by atoms with Gasteiger partial charge in [-0.25, -0.2) is 4.39 Å². The van der Waals surface area contributed by atoms with Crippen molar-refractivity contribution < 1.29 is 14.3 Å². The smallest absolute Gasteiger partial charge is 0.148 e. The molecule has 0 aliphatic rings. The molecule has 0 saturated heterocycles. The van der Waals surface area contributed by atoms with E-state index in [9.17, 15) is 14.3 Å². The van der Waals surface area contributed by atoms with Gasteiger partial charge < -0.3 is 10.4 Å². The van der Waals surface area contributed by atoms with Crippen molar-refractivity contribution in [2.45, 2.75) is 25.9 Å². The van der Waals surface area contributed by atoms with E-state index in [2.05, 4.69) is 17.2 Å². The van der Waals surface area contributed by atoms with E-state index in [0.29, 0.717) is 18.5 Å². The molecule has 124 valence electrons. The number of anilines is 1. The Labute approximate surface area is 141 Å². The normalized spacial score (nSPS) is 12.7. The summed E-state index contributed by atoms with van der Waals surface area (Å²) in [6.45, 7) is 3.65. The van der Waals surface area contributed by atoms with Gasteiger partial charge in [0.25, 0.3) is 0 Å². The number of Topliss-reactive ketones (excluding diaryl/α,β-unsaturated/α-hetero) is 1. The first-order valence-electron chi connectivity index (χ1n) is 7.72. The van der Waals surface area contributed by atoms with Crippen molar-refractivity contribution in [3.05, 3.63) is 65.5 Å². The van der Waals surface area contributed by atoms with Gasteiger partial charge in [0.2, 0.25) is 0 Å². The number of carbonyl (C=O) groups is 1. The molecule has 0 saturated carbocycles. The number of rotatable bonds is 5. The SMILES string of the molecule is CC(=O)CCNc1ccccc1C#CC(C)(O)c1ccc(F)cc1. The highest BCUT2D eigenvalue weighted by Gasteiger charge is 2.19. The summed E-state index contributed by atoms with van der Waals surface area (Å²) >= 11 is 0. The molecule has 2 rings (SSSR count). The minimum absolute atomic E-state index is 0.116. The molecule has 3 nitrogen and oxygen atoms in total. The number of para-hydroxylation sites is 1. The number of nitrogens with one attached hydrogen (secondary N) is 1. The second kappa shape index (κ2) is 7.76. The number of hydrogen-bond acceptors (Lipinski definition) is 3. The van der Waals surface area contributed by atoms with E-state index in [1.807, 2.05) is 24.3 Å². The van der Waals surface area contributed by atoms with Crippen LogP contribution in [0.3, 0.4) is 0 Å². The summed E-state index contributed by atoms with van der Waals surface area (Å²) in [5.41, 5.74) is 0.670. The molecular formula is C20H20FNO2. The number of ketones is 1. The van der Waals surface area contributed by atoms with E-state index < -0.39 is 5.60 Å². The minimum atomic E-state index is -1.39. The van der Waals surface area contributed by atoms with Crippen LogP contribution in [0, 0.1) is 17.7 Å². The Morgan fingerprint density at radius 1 is 1.21 bits per heavy atom. The summed E-state index contributed by atoms with van der Waals surface area (Å²) in [6.07, 6.45) is 0.440. The zero-order chi connectivity index (χ0) is 17.6. The van der Waals surface area contributed by atoms with Gasteiger partial charge in [-0.15, -0.1) is 0 Å². The van der Waals surface area contributed by atoms with Crippen LogP contribution in [0.5, 0.6) is 0 Å². The van der Waals surface area contributed by atoms with Crippen LogP contribution in [-0.4, -0.2) is 17.4 Å². The Morgan fingerprint density at radius 3 is 2.54 bits per heavy atom. The third-order valence-electron chi connectivity index (χ3n) is 3.57. The summed E-state index contributed by atoms with van der Waals surface area (Å²) in [6, 6.07) is 13.1. The molecule has 0 aliphatic heterocycles. The Hall–Kier alpha value is -2.64. The summed E-state index contributed by atoms with van der Waals surface area (Å²) < 4.78 is 13.0. The largest absolute Gasteiger partial charge is 0.384 e. The van der Waals surface area contributed by atoms with Crippen molar-refractivity contribution in [1.29, 1.82) is 0 Å². The van der Waals surface area contributed by atoms with Gasteiger partial charge >= 0.3 is 0 Å². The van der Waals surface area contributed by atoms with Crippen molar-refractivity contribution in [3.63, 3.8) is 0 Å². The van der Waals surface area contributed by atoms with E-state index in [1.165, 1.54) is 24.3 Å². The highest BCUT2D eigenvalue weighted by atomic mass is 19.1. The van der Waals surface area contributed by atoms with Crippen LogP contribution in [0.2, 0.25) is 0 Å². The van der Waals surface area contributed by atoms with Gasteiger partial charge in [0, 0.05) is 24.2 Å². The van der Waals surface area contributed by atoms with Crippen LogP contribution < -0.4 is 5.32 Å². The number of aliphatic hydroxyl groups is 1. The van der Waals surface area contributed by atoms with Crippen molar-refractivity contribution in [3.8, 4) is 11.8 Å². The Kier molecular flexibility index (Phi) is 5.73. The summed E-state index contributed by atoms with van der Waals surface area (Å²) in [5, 5.41) is 13.7. The van der Waals surface area contributed by atoms with Gasteiger partial charge in [0.05, 0.1) is 0 Å². The zero-order valence-corrected chi connectivity index (χ0v) is 13.8. The standard InChI is InChI=1S/C20H20FNO2/c1-15(23)12-14-22-19-6-4-3-5-16(19)11-13-20(2,24)17-7-9-18(21)10-8-17/h3-10,22,24H,12,14H2,1-2H3. The molecular weight excluding hydrogens is 305 g/mol. The molecule has 24 heavy (non-hydrogen) atoms. The first-order chi connectivity index (χ1) is 11.4. The lowest BCUT2D eigenvalue weighted by molar-refractivity contribution is -0.116. The minimum Gasteiger partial charge on any atom is -0.384 e.